The first-order valence-electron chi connectivity index (χ1n) is 6.58. The molecule has 0 aliphatic carbocycles. The molecule has 0 saturated carbocycles. The fourth-order valence-corrected chi connectivity index (χ4v) is 2.19. The molecule has 0 aliphatic rings. The predicted molar refractivity (Wildman–Crippen MR) is 74.8 cm³/mol. The Hall–Kier alpha value is -1.77. The molecule has 2 rings (SSSR count). The number of alkyl halides is 3. The average molecular weight is 278 g/mol. The summed E-state index contributed by atoms with van der Waals surface area (Å²) < 4.78 is 37.8. The smallest absolute Gasteiger partial charge is 0.166 e. The van der Waals surface area contributed by atoms with Crippen molar-refractivity contribution >= 4 is 0 Å². The van der Waals surface area contributed by atoms with E-state index in [-0.39, 0.29) is 0 Å². The number of hydrogen-bond donors (Lipinski definition) is 0. The summed E-state index contributed by atoms with van der Waals surface area (Å²) in [5.41, 5.74) is 3.51. The summed E-state index contributed by atoms with van der Waals surface area (Å²) in [5, 5.41) is 0. The van der Waals surface area contributed by atoms with Crippen LogP contribution in [0.5, 0.6) is 0 Å². The number of halogens is 3. The summed E-state index contributed by atoms with van der Waals surface area (Å²) in [6.07, 6.45) is -2.67. The molecule has 106 valence electrons. The lowest BCUT2D eigenvalue weighted by molar-refractivity contribution is -0.137. The van der Waals surface area contributed by atoms with E-state index in [9.17, 15) is 13.2 Å². The van der Waals surface area contributed by atoms with E-state index in [0.29, 0.717) is 5.56 Å². The van der Waals surface area contributed by atoms with Gasteiger partial charge in [-0.3, -0.25) is 0 Å². The minimum absolute atomic E-state index is 0.575. The highest BCUT2D eigenvalue weighted by molar-refractivity contribution is 5.33. The Morgan fingerprint density at radius 2 is 1.50 bits per heavy atom. The number of aryl methyl sites for hydroxylation is 4. The molecule has 0 saturated heterocycles. The predicted octanol–water partition coefficient (Wildman–Crippen LogP) is 5.11. The van der Waals surface area contributed by atoms with Crippen molar-refractivity contribution in [2.45, 2.75) is 32.9 Å². The van der Waals surface area contributed by atoms with Crippen LogP contribution in [0.15, 0.2) is 42.5 Å². The fraction of sp³-hybridized carbons (Fsp3) is 0.294. The first kappa shape index (κ1) is 14.6. The molecule has 0 aromatic heterocycles. The van der Waals surface area contributed by atoms with E-state index >= 15 is 0 Å². The van der Waals surface area contributed by atoms with Crippen molar-refractivity contribution in [1.29, 1.82) is 0 Å². The van der Waals surface area contributed by atoms with Crippen LogP contribution < -0.4 is 0 Å². The van der Waals surface area contributed by atoms with Crippen LogP contribution >= 0.6 is 0 Å². The molecule has 0 fully saturated rings. The van der Waals surface area contributed by atoms with Crippen LogP contribution in [-0.4, -0.2) is 0 Å². The van der Waals surface area contributed by atoms with Crippen molar-refractivity contribution in [3.63, 3.8) is 0 Å². The molecule has 0 radical (unpaired) electrons. The summed E-state index contributed by atoms with van der Waals surface area (Å²) in [6, 6.07) is 12.2. The Labute approximate surface area is 117 Å². The van der Waals surface area contributed by atoms with Crippen LogP contribution in [0, 0.1) is 13.8 Å². The first-order valence-corrected chi connectivity index (χ1v) is 6.58. The Balaban J connectivity index is 2.08. The summed E-state index contributed by atoms with van der Waals surface area (Å²) in [7, 11) is 0. The number of rotatable bonds is 3. The van der Waals surface area contributed by atoms with Gasteiger partial charge < -0.3 is 0 Å². The molecule has 2 aromatic carbocycles. The third-order valence-corrected chi connectivity index (χ3v) is 3.47. The summed E-state index contributed by atoms with van der Waals surface area (Å²) >= 11 is 0. The highest BCUT2D eigenvalue weighted by atomic mass is 19.4. The van der Waals surface area contributed by atoms with Crippen molar-refractivity contribution < 1.29 is 13.2 Å². The van der Waals surface area contributed by atoms with Crippen molar-refractivity contribution in [3.8, 4) is 0 Å². The molecule has 0 bridgehead atoms. The highest BCUT2D eigenvalue weighted by Crippen LogP contribution is 2.30. The molecule has 0 heterocycles. The van der Waals surface area contributed by atoms with Gasteiger partial charge in [-0.15, -0.1) is 0 Å². The summed E-state index contributed by atoms with van der Waals surface area (Å²) in [6.45, 7) is 3.77. The molecule has 0 nitrogen and oxygen atoms in total. The van der Waals surface area contributed by atoms with Crippen molar-refractivity contribution in [2.75, 3.05) is 0 Å². The van der Waals surface area contributed by atoms with Crippen LogP contribution in [0.4, 0.5) is 13.2 Å². The van der Waals surface area contributed by atoms with Crippen LogP contribution in [0.25, 0.3) is 0 Å². The van der Waals surface area contributed by atoms with Crippen LogP contribution in [-0.2, 0) is 19.0 Å². The van der Waals surface area contributed by atoms with Gasteiger partial charge in [0.2, 0.25) is 0 Å². The van der Waals surface area contributed by atoms with Gasteiger partial charge in [0.25, 0.3) is 0 Å². The van der Waals surface area contributed by atoms with Crippen LogP contribution in [0.2, 0.25) is 0 Å². The average Bonchev–Trinajstić information content (AvgIpc) is 2.38. The molecule has 0 spiro atoms. The van der Waals surface area contributed by atoms with Crippen molar-refractivity contribution in [1.82, 2.24) is 0 Å². The lowest BCUT2D eigenvalue weighted by atomic mass is 9.98. The maximum atomic E-state index is 12.6. The lowest BCUT2D eigenvalue weighted by Gasteiger charge is -2.11. The quantitative estimate of drug-likeness (QED) is 0.732. The molecule has 2 aromatic rings. The molecule has 0 aliphatic heterocycles. The van der Waals surface area contributed by atoms with E-state index in [1.807, 2.05) is 6.92 Å². The van der Waals surface area contributed by atoms with Gasteiger partial charge in [-0.2, -0.15) is 13.2 Å². The van der Waals surface area contributed by atoms with Gasteiger partial charge in [0.15, 0.2) is 0 Å². The van der Waals surface area contributed by atoms with E-state index in [1.165, 1.54) is 17.2 Å². The molecule has 0 unspecified atom stereocenters. The Morgan fingerprint density at radius 3 is 2.05 bits per heavy atom. The molecule has 0 N–H and O–H groups in total. The normalized spacial score (nSPS) is 11.7. The van der Waals surface area contributed by atoms with Gasteiger partial charge >= 0.3 is 6.18 Å². The zero-order chi connectivity index (χ0) is 14.8. The molecule has 0 amide bonds. The van der Waals surface area contributed by atoms with E-state index in [2.05, 4.69) is 24.3 Å². The molecular weight excluding hydrogens is 261 g/mol. The second-order valence-corrected chi connectivity index (χ2v) is 5.12. The summed E-state index contributed by atoms with van der Waals surface area (Å²) in [5.74, 6) is 0. The first-order chi connectivity index (χ1) is 9.36. The second-order valence-electron chi connectivity index (χ2n) is 5.12. The molecule has 0 atom stereocenters. The Bertz CT molecular complexity index is 580. The van der Waals surface area contributed by atoms with E-state index in [0.717, 1.165) is 24.5 Å². The monoisotopic (exact) mass is 278 g/mol. The fourth-order valence-electron chi connectivity index (χ4n) is 2.19. The van der Waals surface area contributed by atoms with E-state index in [4.69, 9.17) is 0 Å². The minimum atomic E-state index is -4.26. The maximum Gasteiger partial charge on any atom is 0.416 e. The minimum Gasteiger partial charge on any atom is -0.166 e. The summed E-state index contributed by atoms with van der Waals surface area (Å²) in [4.78, 5) is 0. The van der Waals surface area contributed by atoms with Gasteiger partial charge in [-0.25, -0.2) is 0 Å². The second kappa shape index (κ2) is 5.70. The van der Waals surface area contributed by atoms with Gasteiger partial charge in [-0.1, -0.05) is 35.9 Å². The SMILES string of the molecule is Cc1ccc(CCc2ccc(C(F)(F)F)cc2C)cc1. The van der Waals surface area contributed by atoms with Gasteiger partial charge in [0, 0.05) is 0 Å². The van der Waals surface area contributed by atoms with Gasteiger partial charge in [0.1, 0.15) is 0 Å². The van der Waals surface area contributed by atoms with Crippen molar-refractivity contribution in [2.24, 2.45) is 0 Å². The Morgan fingerprint density at radius 1 is 0.850 bits per heavy atom. The standard InChI is InChI=1S/C17H17F3/c1-12-3-5-14(6-4-12)7-8-15-9-10-16(11-13(15)2)17(18,19)20/h3-6,9-11H,7-8H2,1-2H3. The third kappa shape index (κ3) is 3.62. The van der Waals surface area contributed by atoms with Crippen LogP contribution in [0.3, 0.4) is 0 Å². The molecular formula is C17H17F3. The molecule has 3 heteroatoms. The van der Waals surface area contributed by atoms with E-state index < -0.39 is 11.7 Å². The lowest BCUT2D eigenvalue weighted by Crippen LogP contribution is -2.06. The zero-order valence-corrected chi connectivity index (χ0v) is 11.6. The van der Waals surface area contributed by atoms with Gasteiger partial charge in [-0.05, 0) is 55.5 Å². The Kier molecular flexibility index (Phi) is 4.17. The van der Waals surface area contributed by atoms with Gasteiger partial charge in [0.05, 0.1) is 5.56 Å². The number of hydrogen-bond acceptors (Lipinski definition) is 0. The topological polar surface area (TPSA) is 0 Å². The van der Waals surface area contributed by atoms with Crippen molar-refractivity contribution in [3.05, 3.63) is 70.3 Å². The largest absolute Gasteiger partial charge is 0.416 e. The molecule has 20 heavy (non-hydrogen) atoms. The highest BCUT2D eigenvalue weighted by Gasteiger charge is 2.30. The van der Waals surface area contributed by atoms with E-state index in [1.54, 1.807) is 13.0 Å². The zero-order valence-electron chi connectivity index (χ0n) is 11.6. The van der Waals surface area contributed by atoms with Crippen LogP contribution in [0.1, 0.15) is 27.8 Å². The maximum absolute atomic E-state index is 12.6. The third-order valence-electron chi connectivity index (χ3n) is 3.47. The number of benzene rings is 2.